The van der Waals surface area contributed by atoms with Crippen molar-refractivity contribution in [1.29, 1.82) is 0 Å². The van der Waals surface area contributed by atoms with Crippen molar-refractivity contribution in [3.05, 3.63) is 0 Å². The van der Waals surface area contributed by atoms with Gasteiger partial charge < -0.3 is 10.2 Å². The van der Waals surface area contributed by atoms with Crippen LogP contribution in [0.2, 0.25) is 0 Å². The molecule has 0 fully saturated rings. The second-order valence-electron chi connectivity index (χ2n) is 4.36. The Kier molecular flexibility index (Phi) is 8.82. The van der Waals surface area contributed by atoms with E-state index in [1.807, 2.05) is 6.92 Å². The van der Waals surface area contributed by atoms with Crippen molar-refractivity contribution in [3.8, 4) is 0 Å². The molecule has 0 spiro atoms. The summed E-state index contributed by atoms with van der Waals surface area (Å²) in [6.07, 6.45) is 0.696. The zero-order valence-corrected chi connectivity index (χ0v) is 12.5. The minimum atomic E-state index is -2.90. The molecule has 0 bridgehead atoms. The van der Waals surface area contributed by atoms with Crippen molar-refractivity contribution < 1.29 is 8.42 Å². The van der Waals surface area contributed by atoms with E-state index in [4.69, 9.17) is 0 Å². The number of nitrogens with one attached hydrogen (secondary N) is 1. The van der Waals surface area contributed by atoms with Crippen LogP contribution >= 0.6 is 0 Å². The highest BCUT2D eigenvalue weighted by Crippen LogP contribution is 2.04. The molecule has 0 aliphatic carbocycles. The van der Waals surface area contributed by atoms with Crippen LogP contribution in [-0.4, -0.2) is 57.0 Å². The van der Waals surface area contributed by atoms with E-state index in [0.717, 1.165) is 26.2 Å². The highest BCUT2D eigenvalue weighted by atomic mass is 32.2. The molecule has 0 aliphatic heterocycles. The van der Waals surface area contributed by atoms with Gasteiger partial charge in [0, 0.05) is 19.6 Å². The summed E-state index contributed by atoms with van der Waals surface area (Å²) in [4.78, 5) is 2.32. The molecule has 0 aliphatic rings. The Bertz CT molecular complexity index is 274. The topological polar surface area (TPSA) is 49.4 Å². The molecule has 17 heavy (non-hydrogen) atoms. The Morgan fingerprint density at radius 2 is 1.71 bits per heavy atom. The van der Waals surface area contributed by atoms with E-state index in [1.165, 1.54) is 0 Å². The first-order chi connectivity index (χ1) is 7.97. The Balaban J connectivity index is 3.71. The molecular formula is C12H28N2O2S. The fourth-order valence-corrected chi connectivity index (χ4v) is 2.91. The van der Waals surface area contributed by atoms with Gasteiger partial charge in [0.25, 0.3) is 0 Å². The van der Waals surface area contributed by atoms with Gasteiger partial charge in [0.2, 0.25) is 0 Å². The third-order valence-corrected chi connectivity index (χ3v) is 5.58. The van der Waals surface area contributed by atoms with Crippen molar-refractivity contribution in [2.24, 2.45) is 0 Å². The molecule has 0 radical (unpaired) electrons. The van der Waals surface area contributed by atoms with Gasteiger partial charge in [0.15, 0.2) is 9.84 Å². The summed E-state index contributed by atoms with van der Waals surface area (Å²) in [6, 6.07) is 0. The number of likely N-dealkylation sites (N-methyl/N-ethyl adjacent to an activating group) is 1. The molecule has 4 nitrogen and oxygen atoms in total. The summed E-state index contributed by atoms with van der Waals surface area (Å²) in [7, 11) is -2.90. The normalized spacial score (nSPS) is 14.2. The second kappa shape index (κ2) is 8.89. The number of rotatable bonds is 10. The SMILES string of the molecule is CCC(C)S(=O)(=O)CCNCCN(CC)CC. The summed E-state index contributed by atoms with van der Waals surface area (Å²) < 4.78 is 23.4. The monoisotopic (exact) mass is 264 g/mol. The maximum Gasteiger partial charge on any atom is 0.154 e. The quantitative estimate of drug-likeness (QED) is 0.601. The van der Waals surface area contributed by atoms with Gasteiger partial charge >= 0.3 is 0 Å². The minimum Gasteiger partial charge on any atom is -0.314 e. The third kappa shape index (κ3) is 7.01. The summed E-state index contributed by atoms with van der Waals surface area (Å²) in [5.74, 6) is 0.250. The molecule has 0 amide bonds. The van der Waals surface area contributed by atoms with E-state index in [0.29, 0.717) is 13.0 Å². The average Bonchev–Trinajstić information content (AvgIpc) is 2.32. The van der Waals surface area contributed by atoms with Crippen molar-refractivity contribution in [1.82, 2.24) is 10.2 Å². The van der Waals surface area contributed by atoms with Crippen molar-refractivity contribution >= 4 is 9.84 Å². The molecule has 0 saturated carbocycles. The Hall–Kier alpha value is -0.130. The molecule has 1 atom stereocenters. The van der Waals surface area contributed by atoms with Crippen LogP contribution in [0.1, 0.15) is 34.1 Å². The van der Waals surface area contributed by atoms with Crippen molar-refractivity contribution in [2.75, 3.05) is 38.5 Å². The smallest absolute Gasteiger partial charge is 0.154 e. The molecule has 0 saturated heterocycles. The lowest BCUT2D eigenvalue weighted by Crippen LogP contribution is -2.35. The molecular weight excluding hydrogens is 236 g/mol. The standard InChI is InChI=1S/C12H28N2O2S/c1-5-12(4)17(15,16)11-9-13-8-10-14(6-2)7-3/h12-13H,5-11H2,1-4H3. The van der Waals surface area contributed by atoms with Crippen LogP contribution in [0.25, 0.3) is 0 Å². The molecule has 0 aromatic heterocycles. The van der Waals surface area contributed by atoms with Gasteiger partial charge in [0.1, 0.15) is 0 Å². The van der Waals surface area contributed by atoms with Crippen LogP contribution in [-0.2, 0) is 9.84 Å². The molecule has 0 aromatic rings. The number of hydrogen-bond acceptors (Lipinski definition) is 4. The van der Waals surface area contributed by atoms with Crippen LogP contribution in [0.4, 0.5) is 0 Å². The second-order valence-corrected chi connectivity index (χ2v) is 6.90. The number of hydrogen-bond donors (Lipinski definition) is 1. The van der Waals surface area contributed by atoms with Gasteiger partial charge in [-0.05, 0) is 26.4 Å². The lowest BCUT2D eigenvalue weighted by Gasteiger charge is -2.18. The van der Waals surface area contributed by atoms with Crippen LogP contribution in [0.3, 0.4) is 0 Å². The summed E-state index contributed by atoms with van der Waals surface area (Å²) in [5, 5.41) is 2.98. The van der Waals surface area contributed by atoms with Crippen LogP contribution in [0.15, 0.2) is 0 Å². The maximum absolute atomic E-state index is 11.7. The first kappa shape index (κ1) is 16.9. The minimum absolute atomic E-state index is 0.216. The van der Waals surface area contributed by atoms with E-state index in [9.17, 15) is 8.42 Å². The van der Waals surface area contributed by atoms with Gasteiger partial charge in [-0.15, -0.1) is 0 Å². The Morgan fingerprint density at radius 1 is 1.12 bits per heavy atom. The van der Waals surface area contributed by atoms with E-state index in [-0.39, 0.29) is 11.0 Å². The molecule has 1 N–H and O–H groups in total. The molecule has 104 valence electrons. The maximum atomic E-state index is 11.7. The van der Waals surface area contributed by atoms with E-state index in [2.05, 4.69) is 24.1 Å². The number of sulfone groups is 1. The highest BCUT2D eigenvalue weighted by molar-refractivity contribution is 7.92. The third-order valence-electron chi connectivity index (χ3n) is 3.25. The van der Waals surface area contributed by atoms with Gasteiger partial charge in [-0.3, -0.25) is 0 Å². The zero-order chi connectivity index (χ0) is 13.3. The van der Waals surface area contributed by atoms with Gasteiger partial charge in [0.05, 0.1) is 11.0 Å². The summed E-state index contributed by atoms with van der Waals surface area (Å²) >= 11 is 0. The first-order valence-electron chi connectivity index (χ1n) is 6.62. The van der Waals surface area contributed by atoms with Crippen LogP contribution in [0.5, 0.6) is 0 Å². The van der Waals surface area contributed by atoms with E-state index in [1.54, 1.807) is 6.92 Å². The van der Waals surface area contributed by atoms with Crippen molar-refractivity contribution in [3.63, 3.8) is 0 Å². The van der Waals surface area contributed by atoms with Gasteiger partial charge in [-0.1, -0.05) is 20.8 Å². The van der Waals surface area contributed by atoms with E-state index < -0.39 is 9.84 Å². The molecule has 5 heteroatoms. The van der Waals surface area contributed by atoms with Crippen LogP contribution in [0, 0.1) is 0 Å². The predicted molar refractivity (Wildman–Crippen MR) is 74.2 cm³/mol. The van der Waals surface area contributed by atoms with E-state index >= 15 is 0 Å². The lowest BCUT2D eigenvalue weighted by molar-refractivity contribution is 0.303. The molecule has 0 heterocycles. The summed E-state index contributed by atoms with van der Waals surface area (Å²) in [6.45, 7) is 12.5. The van der Waals surface area contributed by atoms with Crippen molar-refractivity contribution in [2.45, 2.75) is 39.4 Å². The van der Waals surface area contributed by atoms with Gasteiger partial charge in [-0.25, -0.2) is 8.42 Å². The Morgan fingerprint density at radius 3 is 2.18 bits per heavy atom. The largest absolute Gasteiger partial charge is 0.314 e. The van der Waals surface area contributed by atoms with Crippen LogP contribution < -0.4 is 5.32 Å². The lowest BCUT2D eigenvalue weighted by atomic mass is 10.4. The molecule has 0 rings (SSSR count). The number of nitrogens with zero attached hydrogens (tertiary/aromatic N) is 1. The first-order valence-corrected chi connectivity index (χ1v) is 8.34. The highest BCUT2D eigenvalue weighted by Gasteiger charge is 2.17. The molecule has 1 unspecified atom stereocenters. The average molecular weight is 264 g/mol. The summed E-state index contributed by atoms with van der Waals surface area (Å²) in [5.41, 5.74) is 0. The van der Waals surface area contributed by atoms with Gasteiger partial charge in [-0.2, -0.15) is 0 Å². The fraction of sp³-hybridized carbons (Fsp3) is 1.00. The fourth-order valence-electron chi connectivity index (χ4n) is 1.57. The zero-order valence-electron chi connectivity index (χ0n) is 11.7. The predicted octanol–water partition coefficient (Wildman–Crippen LogP) is 1.13. The molecule has 0 aromatic carbocycles. The Labute approximate surface area is 107 Å².